The highest BCUT2D eigenvalue weighted by Gasteiger charge is 2.34. The molecule has 0 radical (unpaired) electrons. The summed E-state index contributed by atoms with van der Waals surface area (Å²) in [5, 5.41) is 6.11. The number of methoxy groups -OCH3 is 2. The Balaban J connectivity index is 1.97. The first-order valence-corrected chi connectivity index (χ1v) is 9.33. The second-order valence-corrected chi connectivity index (χ2v) is 6.86. The van der Waals surface area contributed by atoms with Crippen LogP contribution >= 0.6 is 0 Å². The Labute approximate surface area is 170 Å². The van der Waals surface area contributed by atoms with Gasteiger partial charge in [-0.25, -0.2) is 5.01 Å². The number of nitrogens with zero attached hydrogens (tertiary/aromatic N) is 3. The van der Waals surface area contributed by atoms with Crippen molar-refractivity contribution in [2.75, 3.05) is 27.8 Å². The number of likely N-dealkylation sites (N-methyl/N-ethyl adjacent to an activating group) is 1. The fourth-order valence-electron chi connectivity index (χ4n) is 3.26. The molecule has 3 rings (SSSR count). The predicted octanol–water partition coefficient (Wildman–Crippen LogP) is 2.86. The number of amides is 2. The van der Waals surface area contributed by atoms with Crippen LogP contribution in [0.1, 0.15) is 30.5 Å². The predicted molar refractivity (Wildman–Crippen MR) is 110 cm³/mol. The summed E-state index contributed by atoms with van der Waals surface area (Å²) < 4.78 is 10.8. The van der Waals surface area contributed by atoms with E-state index in [0.29, 0.717) is 17.9 Å². The molecule has 7 nitrogen and oxygen atoms in total. The molecule has 1 aliphatic rings. The van der Waals surface area contributed by atoms with Crippen LogP contribution in [0, 0.1) is 0 Å². The lowest BCUT2D eigenvalue weighted by atomic mass is 9.98. The van der Waals surface area contributed by atoms with Crippen LogP contribution < -0.4 is 9.47 Å². The number of carbonyl (C=O) groups is 2. The molecule has 152 valence electrons. The van der Waals surface area contributed by atoms with Gasteiger partial charge in [0, 0.05) is 32.0 Å². The van der Waals surface area contributed by atoms with Crippen LogP contribution in [-0.4, -0.2) is 55.2 Å². The zero-order valence-corrected chi connectivity index (χ0v) is 17.1. The molecule has 7 heteroatoms. The van der Waals surface area contributed by atoms with Crippen LogP contribution in [0.2, 0.25) is 0 Å². The molecule has 29 heavy (non-hydrogen) atoms. The summed E-state index contributed by atoms with van der Waals surface area (Å²) in [6.45, 7) is 1.40. The quantitative estimate of drug-likeness (QED) is 0.754. The summed E-state index contributed by atoms with van der Waals surface area (Å²) in [6, 6.07) is 15.0. The van der Waals surface area contributed by atoms with Crippen LogP contribution in [-0.2, 0) is 9.59 Å². The summed E-state index contributed by atoms with van der Waals surface area (Å²) >= 11 is 0. The molecule has 0 bridgehead atoms. The molecule has 1 aliphatic heterocycles. The van der Waals surface area contributed by atoms with Gasteiger partial charge in [-0.3, -0.25) is 9.59 Å². The summed E-state index contributed by atoms with van der Waals surface area (Å²) in [7, 11) is 4.79. The zero-order chi connectivity index (χ0) is 21.0. The Morgan fingerprint density at radius 2 is 1.86 bits per heavy atom. The third kappa shape index (κ3) is 4.39. The number of hydrogen-bond donors (Lipinski definition) is 0. The molecule has 0 aliphatic carbocycles. The van der Waals surface area contributed by atoms with Crippen molar-refractivity contribution in [1.29, 1.82) is 0 Å². The Morgan fingerprint density at radius 1 is 1.14 bits per heavy atom. The fourth-order valence-corrected chi connectivity index (χ4v) is 3.26. The maximum atomic E-state index is 12.9. The van der Waals surface area contributed by atoms with Crippen molar-refractivity contribution in [2.24, 2.45) is 5.10 Å². The molecular weight excluding hydrogens is 370 g/mol. The van der Waals surface area contributed by atoms with Crippen molar-refractivity contribution in [3.05, 3.63) is 59.7 Å². The van der Waals surface area contributed by atoms with Gasteiger partial charge in [-0.15, -0.1) is 0 Å². The summed E-state index contributed by atoms with van der Waals surface area (Å²) in [5.41, 5.74) is 2.54. The number of ether oxygens (including phenoxy) is 2. The van der Waals surface area contributed by atoms with Crippen molar-refractivity contribution < 1.29 is 19.1 Å². The monoisotopic (exact) mass is 395 g/mol. The van der Waals surface area contributed by atoms with Crippen molar-refractivity contribution in [2.45, 2.75) is 19.4 Å². The van der Waals surface area contributed by atoms with Gasteiger partial charge in [-0.2, -0.15) is 5.10 Å². The molecule has 1 heterocycles. The number of carbonyl (C=O) groups excluding carboxylic acids is 2. The van der Waals surface area contributed by atoms with Gasteiger partial charge >= 0.3 is 0 Å². The second-order valence-electron chi connectivity index (χ2n) is 6.86. The molecule has 0 N–H and O–H groups in total. The van der Waals surface area contributed by atoms with Gasteiger partial charge in [0.15, 0.2) is 0 Å². The van der Waals surface area contributed by atoms with E-state index in [1.807, 2.05) is 42.5 Å². The van der Waals surface area contributed by atoms with Crippen LogP contribution in [0.15, 0.2) is 53.6 Å². The fraction of sp³-hybridized carbons (Fsp3) is 0.318. The highest BCUT2D eigenvalue weighted by Crippen LogP contribution is 2.36. The lowest BCUT2D eigenvalue weighted by Gasteiger charge is -2.24. The Hall–Kier alpha value is -3.35. The van der Waals surface area contributed by atoms with Gasteiger partial charge in [0.05, 0.1) is 26.0 Å². The van der Waals surface area contributed by atoms with Crippen molar-refractivity contribution in [3.8, 4) is 11.5 Å². The van der Waals surface area contributed by atoms with Crippen molar-refractivity contribution >= 4 is 17.5 Å². The Kier molecular flexibility index (Phi) is 6.16. The molecule has 0 fully saturated rings. The SMILES string of the molecule is COc1ccc(C2=NN(C(=O)CN(C)C(C)=O)C(c3ccccc3)C2)c(OC)c1. The summed E-state index contributed by atoms with van der Waals surface area (Å²) in [6.07, 6.45) is 0.544. The Bertz CT molecular complexity index is 927. The highest BCUT2D eigenvalue weighted by atomic mass is 16.5. The normalized spacial score (nSPS) is 15.7. The van der Waals surface area contributed by atoms with Gasteiger partial charge in [0.25, 0.3) is 5.91 Å². The van der Waals surface area contributed by atoms with E-state index < -0.39 is 0 Å². The third-order valence-corrected chi connectivity index (χ3v) is 4.98. The number of hydrogen-bond acceptors (Lipinski definition) is 5. The maximum Gasteiger partial charge on any atom is 0.262 e. The Morgan fingerprint density at radius 3 is 2.48 bits per heavy atom. The van der Waals surface area contributed by atoms with E-state index in [-0.39, 0.29) is 24.4 Å². The highest BCUT2D eigenvalue weighted by molar-refractivity contribution is 6.05. The van der Waals surface area contributed by atoms with Gasteiger partial charge in [-0.1, -0.05) is 30.3 Å². The van der Waals surface area contributed by atoms with Gasteiger partial charge < -0.3 is 14.4 Å². The average molecular weight is 395 g/mol. The van der Waals surface area contributed by atoms with E-state index in [1.165, 1.54) is 16.8 Å². The minimum atomic E-state index is -0.245. The van der Waals surface area contributed by atoms with Gasteiger partial charge in [0.2, 0.25) is 5.91 Å². The molecule has 1 unspecified atom stereocenters. The van der Waals surface area contributed by atoms with E-state index >= 15 is 0 Å². The molecule has 0 aromatic heterocycles. The lowest BCUT2D eigenvalue weighted by Crippen LogP contribution is -2.38. The third-order valence-electron chi connectivity index (χ3n) is 4.98. The van der Waals surface area contributed by atoms with E-state index in [9.17, 15) is 9.59 Å². The molecule has 0 saturated heterocycles. The molecule has 0 saturated carbocycles. The second kappa shape index (κ2) is 8.77. The lowest BCUT2D eigenvalue weighted by molar-refractivity contribution is -0.139. The minimum Gasteiger partial charge on any atom is -0.497 e. The van der Waals surface area contributed by atoms with Crippen molar-refractivity contribution in [1.82, 2.24) is 9.91 Å². The molecule has 2 aromatic rings. The molecule has 2 aromatic carbocycles. The average Bonchev–Trinajstić information content (AvgIpc) is 3.19. The largest absolute Gasteiger partial charge is 0.497 e. The van der Waals surface area contributed by atoms with Gasteiger partial charge in [0.1, 0.15) is 18.0 Å². The smallest absolute Gasteiger partial charge is 0.262 e. The first-order chi connectivity index (χ1) is 13.9. The summed E-state index contributed by atoms with van der Waals surface area (Å²) in [4.78, 5) is 25.9. The number of benzene rings is 2. The van der Waals surface area contributed by atoms with Crippen molar-refractivity contribution in [3.63, 3.8) is 0 Å². The summed E-state index contributed by atoms with van der Waals surface area (Å²) in [5.74, 6) is 0.902. The minimum absolute atomic E-state index is 0.0325. The molecule has 2 amide bonds. The first kappa shape index (κ1) is 20.4. The standard InChI is InChI=1S/C22H25N3O4/c1-15(26)24(2)14-22(27)25-20(16-8-6-5-7-9-16)13-19(23-25)18-11-10-17(28-3)12-21(18)29-4/h5-12,20H,13-14H2,1-4H3. The van der Waals surface area contributed by atoms with Crippen LogP contribution in [0.3, 0.4) is 0 Å². The van der Waals surface area contributed by atoms with E-state index in [1.54, 1.807) is 27.3 Å². The number of rotatable bonds is 6. The van der Waals surface area contributed by atoms with E-state index in [2.05, 4.69) is 5.10 Å². The maximum absolute atomic E-state index is 12.9. The molecule has 0 spiro atoms. The molecule has 1 atom stereocenters. The van der Waals surface area contributed by atoms with Crippen LogP contribution in [0.5, 0.6) is 11.5 Å². The van der Waals surface area contributed by atoms with Gasteiger partial charge in [-0.05, 0) is 17.7 Å². The zero-order valence-electron chi connectivity index (χ0n) is 17.1. The topological polar surface area (TPSA) is 71.4 Å². The van der Waals surface area contributed by atoms with Crippen LogP contribution in [0.4, 0.5) is 0 Å². The first-order valence-electron chi connectivity index (χ1n) is 9.33. The molecular formula is C22H25N3O4. The van der Waals surface area contributed by atoms with E-state index in [0.717, 1.165) is 16.8 Å². The number of hydrazone groups is 1. The van der Waals surface area contributed by atoms with E-state index in [4.69, 9.17) is 9.47 Å². The van der Waals surface area contributed by atoms with Crippen LogP contribution in [0.25, 0.3) is 0 Å².